The Bertz CT molecular complexity index is 425. The van der Waals surface area contributed by atoms with Crippen molar-refractivity contribution in [1.82, 2.24) is 5.32 Å². The van der Waals surface area contributed by atoms with Gasteiger partial charge in [0.2, 0.25) is 0 Å². The first kappa shape index (κ1) is 17.1. The number of hydrogen-bond donors (Lipinski definition) is 2. The van der Waals surface area contributed by atoms with Gasteiger partial charge in [-0.3, -0.25) is 0 Å². The Hall–Kier alpha value is -1.22. The number of aryl methyl sites for hydroxylation is 1. The fourth-order valence-electron chi connectivity index (χ4n) is 3.22. The molecule has 0 unspecified atom stereocenters. The van der Waals surface area contributed by atoms with Gasteiger partial charge in [-0.25, -0.2) is 0 Å². The highest BCUT2D eigenvalue weighted by Crippen LogP contribution is 2.27. The van der Waals surface area contributed by atoms with E-state index in [0.29, 0.717) is 0 Å². The number of anilines is 2. The van der Waals surface area contributed by atoms with Crippen molar-refractivity contribution in [3.8, 4) is 0 Å². The number of nitrogen functional groups attached to an aromatic ring is 1. The SMILES string of the molecule is CCCCCCNCCCc1ccc(N2CCCC2)c(N)c1. The molecule has 1 aliphatic heterocycles. The highest BCUT2D eigenvalue weighted by Gasteiger charge is 2.14. The van der Waals surface area contributed by atoms with Crippen molar-refractivity contribution in [2.24, 2.45) is 0 Å². The first-order valence-corrected chi connectivity index (χ1v) is 9.15. The van der Waals surface area contributed by atoms with Crippen LogP contribution in [-0.2, 0) is 6.42 Å². The molecular weight excluding hydrogens is 270 g/mol. The van der Waals surface area contributed by atoms with E-state index < -0.39 is 0 Å². The van der Waals surface area contributed by atoms with Crippen molar-refractivity contribution in [3.05, 3.63) is 23.8 Å². The average Bonchev–Trinajstić information content (AvgIpc) is 3.04. The number of rotatable bonds is 10. The van der Waals surface area contributed by atoms with Crippen LogP contribution in [0.15, 0.2) is 18.2 Å². The summed E-state index contributed by atoms with van der Waals surface area (Å²) in [5, 5.41) is 3.55. The van der Waals surface area contributed by atoms with Crippen molar-refractivity contribution in [1.29, 1.82) is 0 Å². The molecule has 1 heterocycles. The van der Waals surface area contributed by atoms with Crippen LogP contribution in [0, 0.1) is 0 Å². The van der Waals surface area contributed by atoms with E-state index in [4.69, 9.17) is 5.73 Å². The third-order valence-corrected chi connectivity index (χ3v) is 4.56. The highest BCUT2D eigenvalue weighted by molar-refractivity contribution is 5.68. The summed E-state index contributed by atoms with van der Waals surface area (Å²) in [6, 6.07) is 6.65. The van der Waals surface area contributed by atoms with Gasteiger partial charge in [0.25, 0.3) is 0 Å². The maximum absolute atomic E-state index is 6.24. The second-order valence-electron chi connectivity index (χ2n) is 6.50. The molecule has 1 fully saturated rings. The van der Waals surface area contributed by atoms with Gasteiger partial charge in [-0.1, -0.05) is 32.3 Å². The fraction of sp³-hybridized carbons (Fsp3) is 0.684. The Morgan fingerprint density at radius 3 is 2.55 bits per heavy atom. The summed E-state index contributed by atoms with van der Waals surface area (Å²) in [6.45, 7) is 6.85. The maximum Gasteiger partial charge on any atom is 0.0600 e. The topological polar surface area (TPSA) is 41.3 Å². The summed E-state index contributed by atoms with van der Waals surface area (Å²) < 4.78 is 0. The molecule has 0 saturated carbocycles. The summed E-state index contributed by atoms with van der Waals surface area (Å²) in [4.78, 5) is 2.41. The van der Waals surface area contributed by atoms with Gasteiger partial charge in [-0.2, -0.15) is 0 Å². The third-order valence-electron chi connectivity index (χ3n) is 4.56. The molecule has 0 bridgehead atoms. The average molecular weight is 303 g/mol. The molecule has 3 nitrogen and oxygen atoms in total. The molecule has 1 saturated heterocycles. The summed E-state index contributed by atoms with van der Waals surface area (Å²) in [7, 11) is 0. The molecule has 0 atom stereocenters. The normalized spacial score (nSPS) is 14.7. The molecule has 0 spiro atoms. The summed E-state index contributed by atoms with van der Waals surface area (Å²) in [6.07, 6.45) is 10.3. The molecule has 0 aliphatic carbocycles. The van der Waals surface area contributed by atoms with Crippen molar-refractivity contribution in [2.75, 3.05) is 36.8 Å². The maximum atomic E-state index is 6.24. The van der Waals surface area contributed by atoms with Crippen LogP contribution in [0.4, 0.5) is 11.4 Å². The van der Waals surface area contributed by atoms with Crippen molar-refractivity contribution in [2.45, 2.75) is 58.3 Å². The smallest absolute Gasteiger partial charge is 0.0600 e. The lowest BCUT2D eigenvalue weighted by Crippen LogP contribution is -2.19. The van der Waals surface area contributed by atoms with Gasteiger partial charge in [0.15, 0.2) is 0 Å². The molecular formula is C19H33N3. The van der Waals surface area contributed by atoms with Crippen LogP contribution in [0.5, 0.6) is 0 Å². The minimum atomic E-state index is 0.951. The van der Waals surface area contributed by atoms with Gasteiger partial charge < -0.3 is 16.0 Å². The summed E-state index contributed by atoms with van der Waals surface area (Å²) in [5.41, 5.74) is 9.79. The largest absolute Gasteiger partial charge is 0.397 e. The Kier molecular flexibility index (Phi) is 7.58. The predicted octanol–water partition coefficient (Wildman–Crippen LogP) is 3.97. The molecule has 124 valence electrons. The zero-order valence-electron chi connectivity index (χ0n) is 14.2. The number of nitrogens with two attached hydrogens (primary N) is 1. The van der Waals surface area contributed by atoms with Gasteiger partial charge in [0.1, 0.15) is 0 Å². The predicted molar refractivity (Wildman–Crippen MR) is 97.6 cm³/mol. The molecule has 1 aromatic rings. The molecule has 0 amide bonds. The van der Waals surface area contributed by atoms with Gasteiger partial charge in [-0.05, 0) is 62.9 Å². The highest BCUT2D eigenvalue weighted by atomic mass is 15.1. The zero-order chi connectivity index (χ0) is 15.6. The van der Waals surface area contributed by atoms with E-state index >= 15 is 0 Å². The lowest BCUT2D eigenvalue weighted by atomic mass is 10.1. The lowest BCUT2D eigenvalue weighted by Gasteiger charge is -2.20. The summed E-state index contributed by atoms with van der Waals surface area (Å²) in [5.74, 6) is 0. The van der Waals surface area contributed by atoms with E-state index in [0.717, 1.165) is 38.3 Å². The molecule has 1 aromatic carbocycles. The van der Waals surface area contributed by atoms with E-state index in [1.165, 1.54) is 56.2 Å². The first-order chi connectivity index (χ1) is 10.8. The van der Waals surface area contributed by atoms with Crippen LogP contribution >= 0.6 is 0 Å². The molecule has 3 heteroatoms. The molecule has 0 aromatic heterocycles. The van der Waals surface area contributed by atoms with E-state index in [1.54, 1.807) is 0 Å². The second kappa shape index (κ2) is 9.73. The van der Waals surface area contributed by atoms with Crippen molar-refractivity contribution < 1.29 is 0 Å². The number of nitrogens with zero attached hydrogens (tertiary/aromatic N) is 1. The standard InChI is InChI=1S/C19H33N3/c1-2-3-4-5-12-21-13-8-9-17-10-11-19(18(20)16-17)22-14-6-7-15-22/h10-11,16,21H,2-9,12-15,20H2,1H3. The lowest BCUT2D eigenvalue weighted by molar-refractivity contribution is 0.585. The number of unbranched alkanes of at least 4 members (excludes halogenated alkanes) is 3. The van der Waals surface area contributed by atoms with Crippen molar-refractivity contribution >= 4 is 11.4 Å². The van der Waals surface area contributed by atoms with Crippen LogP contribution in [0.1, 0.15) is 57.4 Å². The van der Waals surface area contributed by atoms with Crippen LogP contribution in [-0.4, -0.2) is 26.2 Å². The third kappa shape index (κ3) is 5.53. The van der Waals surface area contributed by atoms with Crippen molar-refractivity contribution in [3.63, 3.8) is 0 Å². The number of hydrogen-bond acceptors (Lipinski definition) is 3. The monoisotopic (exact) mass is 303 g/mol. The minimum absolute atomic E-state index is 0.951. The van der Waals surface area contributed by atoms with E-state index in [2.05, 4.69) is 35.3 Å². The minimum Gasteiger partial charge on any atom is -0.397 e. The van der Waals surface area contributed by atoms with E-state index in [-0.39, 0.29) is 0 Å². The molecule has 2 rings (SSSR count). The first-order valence-electron chi connectivity index (χ1n) is 9.15. The Morgan fingerprint density at radius 2 is 1.82 bits per heavy atom. The molecule has 3 N–H and O–H groups in total. The molecule has 22 heavy (non-hydrogen) atoms. The quantitative estimate of drug-likeness (QED) is 0.507. The summed E-state index contributed by atoms with van der Waals surface area (Å²) >= 11 is 0. The van der Waals surface area contributed by atoms with E-state index in [9.17, 15) is 0 Å². The van der Waals surface area contributed by atoms with Gasteiger partial charge in [-0.15, -0.1) is 0 Å². The fourth-order valence-corrected chi connectivity index (χ4v) is 3.22. The van der Waals surface area contributed by atoms with Gasteiger partial charge >= 0.3 is 0 Å². The van der Waals surface area contributed by atoms with Crippen LogP contribution in [0.3, 0.4) is 0 Å². The molecule has 0 radical (unpaired) electrons. The van der Waals surface area contributed by atoms with Gasteiger partial charge in [0, 0.05) is 13.1 Å². The van der Waals surface area contributed by atoms with Gasteiger partial charge in [0.05, 0.1) is 11.4 Å². The van der Waals surface area contributed by atoms with Crippen LogP contribution in [0.2, 0.25) is 0 Å². The second-order valence-corrected chi connectivity index (χ2v) is 6.50. The number of nitrogens with one attached hydrogen (secondary N) is 1. The zero-order valence-corrected chi connectivity index (χ0v) is 14.2. The Labute approximate surface area is 136 Å². The Balaban J connectivity index is 1.65. The van der Waals surface area contributed by atoms with Crippen LogP contribution in [0.25, 0.3) is 0 Å². The molecule has 1 aliphatic rings. The number of benzene rings is 1. The van der Waals surface area contributed by atoms with E-state index in [1.807, 2.05) is 0 Å². The van der Waals surface area contributed by atoms with Crippen LogP contribution < -0.4 is 16.0 Å². The Morgan fingerprint density at radius 1 is 1.05 bits per heavy atom.